The molecule has 0 radical (unpaired) electrons. The van der Waals surface area contributed by atoms with Crippen LogP contribution >= 0.6 is 0 Å². The Morgan fingerprint density at radius 3 is 2.57 bits per heavy atom. The number of carbonyl (C=O) groups excluding carboxylic acids is 1. The van der Waals surface area contributed by atoms with Crippen molar-refractivity contribution in [3.63, 3.8) is 0 Å². The van der Waals surface area contributed by atoms with Crippen molar-refractivity contribution in [2.45, 2.75) is 49.5 Å². The van der Waals surface area contributed by atoms with Crippen molar-refractivity contribution in [3.8, 4) is 0 Å². The Morgan fingerprint density at radius 2 is 1.91 bits per heavy atom. The van der Waals surface area contributed by atoms with Gasteiger partial charge in [0.2, 0.25) is 10.0 Å². The molecule has 1 aromatic carbocycles. The maximum absolute atomic E-state index is 12.4. The Balaban J connectivity index is 2.09. The molecule has 0 atom stereocenters. The third kappa shape index (κ3) is 5.18. The van der Waals surface area contributed by atoms with Crippen LogP contribution in [0.2, 0.25) is 0 Å². The lowest BCUT2D eigenvalue weighted by Crippen LogP contribution is -2.34. The highest BCUT2D eigenvalue weighted by atomic mass is 32.2. The summed E-state index contributed by atoms with van der Waals surface area (Å²) in [6.07, 6.45) is 8.15. The molecule has 2 N–H and O–H groups in total. The predicted molar refractivity (Wildman–Crippen MR) is 90.8 cm³/mol. The molecule has 2 rings (SSSR count). The van der Waals surface area contributed by atoms with Gasteiger partial charge in [0, 0.05) is 18.2 Å². The molecular weight excluding hydrogens is 312 g/mol. The summed E-state index contributed by atoms with van der Waals surface area (Å²) in [7, 11) is -3.62. The summed E-state index contributed by atoms with van der Waals surface area (Å²) in [5.74, 6) is -0.210. The van der Waals surface area contributed by atoms with Gasteiger partial charge in [0.25, 0.3) is 5.91 Å². The Hall–Kier alpha value is -1.66. The highest BCUT2D eigenvalue weighted by Gasteiger charge is 2.18. The Labute approximate surface area is 138 Å². The van der Waals surface area contributed by atoms with Gasteiger partial charge in [-0.15, -0.1) is 6.58 Å². The molecule has 0 saturated heterocycles. The van der Waals surface area contributed by atoms with Gasteiger partial charge >= 0.3 is 0 Å². The summed E-state index contributed by atoms with van der Waals surface area (Å²) in [6.45, 7) is 3.64. The lowest BCUT2D eigenvalue weighted by Gasteiger charge is -2.16. The summed E-state index contributed by atoms with van der Waals surface area (Å²) >= 11 is 0. The van der Waals surface area contributed by atoms with E-state index in [2.05, 4.69) is 16.6 Å². The number of benzene rings is 1. The van der Waals surface area contributed by atoms with Crippen molar-refractivity contribution in [2.24, 2.45) is 0 Å². The van der Waals surface area contributed by atoms with Crippen molar-refractivity contribution in [1.29, 1.82) is 0 Å². The van der Waals surface area contributed by atoms with Gasteiger partial charge in [-0.05, 0) is 31.0 Å². The molecule has 0 heterocycles. The summed E-state index contributed by atoms with van der Waals surface area (Å²) in [4.78, 5) is 12.5. The Morgan fingerprint density at radius 1 is 1.22 bits per heavy atom. The third-order valence-electron chi connectivity index (χ3n) is 4.01. The smallest absolute Gasteiger partial charge is 0.251 e. The van der Waals surface area contributed by atoms with Crippen molar-refractivity contribution in [2.75, 3.05) is 6.54 Å². The highest BCUT2D eigenvalue weighted by Crippen LogP contribution is 2.18. The fraction of sp³-hybridized carbons (Fsp3) is 0.471. The predicted octanol–water partition coefficient (Wildman–Crippen LogP) is 2.60. The molecule has 0 spiro atoms. The topological polar surface area (TPSA) is 75.3 Å². The number of carbonyl (C=O) groups is 1. The first-order chi connectivity index (χ1) is 11.0. The first kappa shape index (κ1) is 17.7. The van der Waals surface area contributed by atoms with Crippen LogP contribution in [-0.2, 0) is 10.0 Å². The average Bonchev–Trinajstić information content (AvgIpc) is 2.82. The van der Waals surface area contributed by atoms with Gasteiger partial charge in [0.15, 0.2) is 0 Å². The SMILES string of the molecule is C=CCNS(=O)(=O)c1cccc(C(=O)NC2CCCCCC2)c1. The van der Waals surface area contributed by atoms with E-state index in [1.54, 1.807) is 12.1 Å². The van der Waals surface area contributed by atoms with Gasteiger partial charge in [-0.25, -0.2) is 13.1 Å². The summed E-state index contributed by atoms with van der Waals surface area (Å²) < 4.78 is 26.6. The minimum atomic E-state index is -3.62. The van der Waals surface area contributed by atoms with E-state index < -0.39 is 10.0 Å². The molecule has 6 heteroatoms. The van der Waals surface area contributed by atoms with Crippen LogP contribution in [0.15, 0.2) is 41.8 Å². The van der Waals surface area contributed by atoms with E-state index in [4.69, 9.17) is 0 Å². The Bertz CT molecular complexity index is 648. The fourth-order valence-corrected chi connectivity index (χ4v) is 3.79. The number of rotatable bonds is 6. The number of nitrogens with one attached hydrogen (secondary N) is 2. The zero-order valence-electron chi connectivity index (χ0n) is 13.3. The fourth-order valence-electron chi connectivity index (χ4n) is 2.75. The lowest BCUT2D eigenvalue weighted by molar-refractivity contribution is 0.0933. The van der Waals surface area contributed by atoms with E-state index in [9.17, 15) is 13.2 Å². The van der Waals surface area contributed by atoms with Crippen molar-refractivity contribution in [3.05, 3.63) is 42.5 Å². The largest absolute Gasteiger partial charge is 0.349 e. The second kappa shape index (κ2) is 8.26. The van der Waals surface area contributed by atoms with Crippen molar-refractivity contribution < 1.29 is 13.2 Å². The first-order valence-electron chi connectivity index (χ1n) is 8.04. The van der Waals surface area contributed by atoms with E-state index >= 15 is 0 Å². The lowest BCUT2D eigenvalue weighted by atomic mass is 10.1. The number of hydrogen-bond acceptors (Lipinski definition) is 3. The van der Waals surface area contributed by atoms with E-state index in [-0.39, 0.29) is 23.4 Å². The third-order valence-corrected chi connectivity index (χ3v) is 5.44. The molecule has 126 valence electrons. The molecule has 1 fully saturated rings. The second-order valence-electron chi connectivity index (χ2n) is 5.83. The molecule has 1 aliphatic rings. The first-order valence-corrected chi connectivity index (χ1v) is 9.53. The molecular formula is C17H24N2O3S. The minimum Gasteiger partial charge on any atom is -0.349 e. The molecule has 0 aliphatic heterocycles. The zero-order valence-corrected chi connectivity index (χ0v) is 14.1. The van der Waals surface area contributed by atoms with Crippen LogP contribution in [0, 0.1) is 0 Å². The van der Waals surface area contributed by atoms with Crippen LogP contribution in [0.1, 0.15) is 48.9 Å². The van der Waals surface area contributed by atoms with Gasteiger partial charge in [-0.3, -0.25) is 4.79 Å². The van der Waals surface area contributed by atoms with E-state index in [0.717, 1.165) is 25.7 Å². The highest BCUT2D eigenvalue weighted by molar-refractivity contribution is 7.89. The van der Waals surface area contributed by atoms with E-state index in [0.29, 0.717) is 5.56 Å². The maximum atomic E-state index is 12.4. The Kier molecular flexibility index (Phi) is 6.36. The van der Waals surface area contributed by atoms with Crippen LogP contribution in [0.5, 0.6) is 0 Å². The average molecular weight is 336 g/mol. The van der Waals surface area contributed by atoms with E-state index in [1.807, 2.05) is 0 Å². The van der Waals surface area contributed by atoms with Gasteiger partial charge in [0.05, 0.1) is 4.90 Å². The second-order valence-corrected chi connectivity index (χ2v) is 7.60. The standard InChI is InChI=1S/C17H24N2O3S/c1-2-12-18-23(21,22)16-11-7-8-14(13-16)17(20)19-15-9-5-3-4-6-10-15/h2,7-8,11,13,15,18H,1,3-6,9-10,12H2,(H,19,20). The van der Waals surface area contributed by atoms with E-state index in [1.165, 1.54) is 31.1 Å². The molecule has 23 heavy (non-hydrogen) atoms. The molecule has 5 nitrogen and oxygen atoms in total. The molecule has 1 saturated carbocycles. The molecule has 0 bridgehead atoms. The van der Waals surface area contributed by atoms with Gasteiger partial charge < -0.3 is 5.32 Å². The maximum Gasteiger partial charge on any atom is 0.251 e. The summed E-state index contributed by atoms with van der Waals surface area (Å²) in [6, 6.07) is 6.30. The van der Waals surface area contributed by atoms with Crippen LogP contribution < -0.4 is 10.0 Å². The van der Waals surface area contributed by atoms with Gasteiger partial charge in [0.1, 0.15) is 0 Å². The quantitative estimate of drug-likeness (QED) is 0.619. The number of hydrogen-bond donors (Lipinski definition) is 2. The summed E-state index contributed by atoms with van der Waals surface area (Å²) in [5, 5.41) is 3.03. The normalized spacial score (nSPS) is 16.5. The van der Waals surface area contributed by atoms with Crippen molar-refractivity contribution >= 4 is 15.9 Å². The van der Waals surface area contributed by atoms with Crippen LogP contribution in [0.25, 0.3) is 0 Å². The van der Waals surface area contributed by atoms with Gasteiger partial charge in [-0.1, -0.05) is 37.8 Å². The van der Waals surface area contributed by atoms with Crippen LogP contribution in [0.3, 0.4) is 0 Å². The van der Waals surface area contributed by atoms with Crippen molar-refractivity contribution in [1.82, 2.24) is 10.0 Å². The molecule has 1 amide bonds. The molecule has 1 aromatic rings. The summed E-state index contributed by atoms with van der Waals surface area (Å²) in [5.41, 5.74) is 0.371. The zero-order chi connectivity index (χ0) is 16.7. The van der Waals surface area contributed by atoms with Crippen LogP contribution in [-0.4, -0.2) is 26.9 Å². The number of sulfonamides is 1. The molecule has 0 unspecified atom stereocenters. The number of amides is 1. The van der Waals surface area contributed by atoms with Gasteiger partial charge in [-0.2, -0.15) is 0 Å². The van der Waals surface area contributed by atoms with Crippen LogP contribution in [0.4, 0.5) is 0 Å². The molecule has 0 aromatic heterocycles. The minimum absolute atomic E-state index is 0.0906. The monoisotopic (exact) mass is 336 g/mol. The molecule has 1 aliphatic carbocycles.